The Balaban J connectivity index is 1.81. The summed E-state index contributed by atoms with van der Waals surface area (Å²) in [6, 6.07) is 9.78. The van der Waals surface area contributed by atoms with E-state index in [1.807, 2.05) is 0 Å². The van der Waals surface area contributed by atoms with E-state index >= 15 is 0 Å². The SMILES string of the molecule is COC(=O)C[C@H](c1cccnc1)c1c(O)ccc2c1O/C(=C\c1cc(OC)c(OC)c(OC)c1)C2=O. The third-order valence-corrected chi connectivity index (χ3v) is 5.87. The summed E-state index contributed by atoms with van der Waals surface area (Å²) in [6.45, 7) is 0. The molecule has 0 fully saturated rings. The lowest BCUT2D eigenvalue weighted by atomic mass is 9.87. The molecule has 2 aromatic carbocycles. The van der Waals surface area contributed by atoms with Gasteiger partial charge in [-0.3, -0.25) is 14.6 Å². The Kier molecular flexibility index (Phi) is 7.10. The number of Topliss-reactive ketones (excluding diaryl/α,β-unsaturated/α-hetero) is 1. The maximum Gasteiger partial charge on any atom is 0.306 e. The normalized spacial score (nSPS) is 14.1. The van der Waals surface area contributed by atoms with Crippen molar-refractivity contribution in [3.8, 4) is 28.7 Å². The number of hydrogen-bond acceptors (Lipinski definition) is 9. The van der Waals surface area contributed by atoms with Crippen LogP contribution < -0.4 is 18.9 Å². The summed E-state index contributed by atoms with van der Waals surface area (Å²) in [7, 11) is 5.78. The quantitative estimate of drug-likeness (QED) is 0.367. The van der Waals surface area contributed by atoms with E-state index in [4.69, 9.17) is 23.7 Å². The molecule has 0 amide bonds. The molecule has 36 heavy (non-hydrogen) atoms. The Morgan fingerprint density at radius 3 is 2.39 bits per heavy atom. The Morgan fingerprint density at radius 1 is 1.08 bits per heavy atom. The highest BCUT2D eigenvalue weighted by Gasteiger charge is 2.35. The average molecular weight is 491 g/mol. The van der Waals surface area contributed by atoms with Crippen LogP contribution in [0.25, 0.3) is 6.08 Å². The monoisotopic (exact) mass is 491 g/mol. The first-order chi connectivity index (χ1) is 17.4. The molecule has 0 radical (unpaired) electrons. The van der Waals surface area contributed by atoms with E-state index in [0.29, 0.717) is 33.9 Å². The minimum atomic E-state index is -0.658. The minimum absolute atomic E-state index is 0.0362. The first-order valence-corrected chi connectivity index (χ1v) is 11.0. The van der Waals surface area contributed by atoms with Gasteiger partial charge in [0, 0.05) is 23.9 Å². The minimum Gasteiger partial charge on any atom is -0.508 e. The summed E-state index contributed by atoms with van der Waals surface area (Å²) in [5, 5.41) is 10.8. The number of carbonyl (C=O) groups is 2. The number of phenolic OH excluding ortho intramolecular Hbond substituents is 1. The molecule has 2 heterocycles. The van der Waals surface area contributed by atoms with Crippen LogP contribution in [-0.4, -0.2) is 50.3 Å². The number of nitrogens with zero attached hydrogens (tertiary/aromatic N) is 1. The van der Waals surface area contributed by atoms with Crippen molar-refractivity contribution in [2.24, 2.45) is 0 Å². The van der Waals surface area contributed by atoms with Gasteiger partial charge >= 0.3 is 5.97 Å². The Bertz CT molecular complexity index is 1310. The zero-order valence-electron chi connectivity index (χ0n) is 20.2. The predicted octanol–water partition coefficient (Wildman–Crippen LogP) is 4.12. The van der Waals surface area contributed by atoms with E-state index < -0.39 is 11.9 Å². The Labute approximate surface area is 207 Å². The van der Waals surface area contributed by atoms with Gasteiger partial charge in [0.2, 0.25) is 11.5 Å². The standard InChI is InChI=1S/C27H25NO8/c1-32-21-11-15(12-22(33-2)27(21)35-4)10-20-25(31)17-7-8-19(29)24(26(17)36-20)18(13-23(30)34-3)16-6-5-9-28-14-16/h5-12,14,18,29H,13H2,1-4H3/b20-10-/t18-/m1/s1. The number of hydrogen-bond donors (Lipinski definition) is 1. The van der Waals surface area contributed by atoms with Crippen molar-refractivity contribution in [3.05, 3.63) is 76.8 Å². The summed E-state index contributed by atoms with van der Waals surface area (Å²) >= 11 is 0. The van der Waals surface area contributed by atoms with Crippen LogP contribution in [0, 0.1) is 0 Å². The molecule has 3 aromatic rings. The second-order valence-corrected chi connectivity index (χ2v) is 7.89. The number of ether oxygens (including phenoxy) is 5. The van der Waals surface area contributed by atoms with Crippen molar-refractivity contribution in [2.75, 3.05) is 28.4 Å². The average Bonchev–Trinajstić information content (AvgIpc) is 3.21. The lowest BCUT2D eigenvalue weighted by Crippen LogP contribution is -2.11. The van der Waals surface area contributed by atoms with Gasteiger partial charge in [0.1, 0.15) is 11.5 Å². The van der Waals surface area contributed by atoms with Crippen molar-refractivity contribution < 1.29 is 38.4 Å². The fraction of sp³-hybridized carbons (Fsp3) is 0.222. The number of methoxy groups -OCH3 is 4. The van der Waals surface area contributed by atoms with Crippen LogP contribution in [0.2, 0.25) is 0 Å². The largest absolute Gasteiger partial charge is 0.508 e. The number of pyridine rings is 1. The summed E-state index contributed by atoms with van der Waals surface area (Å²) < 4.78 is 27.0. The van der Waals surface area contributed by atoms with Crippen LogP contribution in [0.15, 0.2) is 54.6 Å². The summed E-state index contributed by atoms with van der Waals surface area (Å²) in [5.74, 6) is -0.174. The molecule has 9 heteroatoms. The van der Waals surface area contributed by atoms with Crippen LogP contribution in [0.1, 0.15) is 39.4 Å². The summed E-state index contributed by atoms with van der Waals surface area (Å²) in [4.78, 5) is 29.6. The molecule has 186 valence electrons. The fourth-order valence-corrected chi connectivity index (χ4v) is 4.15. The molecule has 0 bridgehead atoms. The molecule has 1 N–H and O–H groups in total. The van der Waals surface area contributed by atoms with E-state index in [1.165, 1.54) is 40.6 Å². The third-order valence-electron chi connectivity index (χ3n) is 5.87. The van der Waals surface area contributed by atoms with Gasteiger partial charge in [-0.1, -0.05) is 6.07 Å². The van der Waals surface area contributed by atoms with Crippen molar-refractivity contribution in [1.82, 2.24) is 4.98 Å². The van der Waals surface area contributed by atoms with E-state index in [2.05, 4.69) is 4.98 Å². The number of esters is 1. The first kappa shape index (κ1) is 24.6. The molecule has 1 aliphatic heterocycles. The topological polar surface area (TPSA) is 113 Å². The molecule has 1 atom stereocenters. The van der Waals surface area contributed by atoms with Crippen molar-refractivity contribution in [2.45, 2.75) is 12.3 Å². The van der Waals surface area contributed by atoms with Crippen LogP contribution in [0.5, 0.6) is 28.7 Å². The second kappa shape index (κ2) is 10.4. The molecule has 9 nitrogen and oxygen atoms in total. The smallest absolute Gasteiger partial charge is 0.306 e. The molecule has 0 saturated heterocycles. The zero-order chi connectivity index (χ0) is 25.8. The van der Waals surface area contributed by atoms with Gasteiger partial charge in [-0.25, -0.2) is 0 Å². The van der Waals surface area contributed by atoms with Crippen LogP contribution in [0.3, 0.4) is 0 Å². The fourth-order valence-electron chi connectivity index (χ4n) is 4.15. The summed E-state index contributed by atoms with van der Waals surface area (Å²) in [6.07, 6.45) is 4.66. The molecule has 0 saturated carbocycles. The van der Waals surface area contributed by atoms with Gasteiger partial charge in [0.25, 0.3) is 0 Å². The lowest BCUT2D eigenvalue weighted by molar-refractivity contribution is -0.140. The van der Waals surface area contributed by atoms with Gasteiger partial charge in [-0.05, 0) is 47.5 Å². The van der Waals surface area contributed by atoms with Crippen molar-refractivity contribution in [1.29, 1.82) is 0 Å². The molecule has 0 aliphatic carbocycles. The number of aromatic nitrogens is 1. The number of benzene rings is 2. The lowest BCUT2D eigenvalue weighted by Gasteiger charge is -2.20. The molecule has 0 spiro atoms. The second-order valence-electron chi connectivity index (χ2n) is 7.89. The maximum absolute atomic E-state index is 13.3. The highest BCUT2D eigenvalue weighted by Crippen LogP contribution is 2.47. The van der Waals surface area contributed by atoms with Gasteiger partial charge < -0.3 is 28.8 Å². The molecular formula is C27H25NO8. The Hall–Kier alpha value is -4.53. The number of fused-ring (bicyclic) bond motifs is 1. The van der Waals surface area contributed by atoms with E-state index in [-0.39, 0.29) is 35.0 Å². The molecule has 0 unspecified atom stereocenters. The Morgan fingerprint density at radius 2 is 1.81 bits per heavy atom. The highest BCUT2D eigenvalue weighted by molar-refractivity contribution is 6.15. The number of ketones is 1. The third kappa shape index (κ3) is 4.55. The molecule has 4 rings (SSSR count). The van der Waals surface area contributed by atoms with Gasteiger partial charge in [0.15, 0.2) is 17.3 Å². The van der Waals surface area contributed by atoms with E-state index in [9.17, 15) is 14.7 Å². The number of aromatic hydroxyl groups is 1. The van der Waals surface area contributed by atoms with E-state index in [1.54, 1.807) is 42.7 Å². The number of carbonyl (C=O) groups excluding carboxylic acids is 2. The molecular weight excluding hydrogens is 466 g/mol. The maximum atomic E-state index is 13.3. The number of allylic oxidation sites excluding steroid dienone is 1. The van der Waals surface area contributed by atoms with Crippen molar-refractivity contribution >= 4 is 17.8 Å². The predicted molar refractivity (Wildman–Crippen MR) is 130 cm³/mol. The van der Waals surface area contributed by atoms with Gasteiger partial charge in [-0.2, -0.15) is 0 Å². The van der Waals surface area contributed by atoms with Gasteiger partial charge in [0.05, 0.1) is 40.4 Å². The first-order valence-electron chi connectivity index (χ1n) is 11.0. The number of phenols is 1. The van der Waals surface area contributed by atoms with Crippen LogP contribution in [-0.2, 0) is 9.53 Å². The van der Waals surface area contributed by atoms with Gasteiger partial charge in [-0.15, -0.1) is 0 Å². The zero-order valence-corrected chi connectivity index (χ0v) is 20.2. The van der Waals surface area contributed by atoms with Crippen molar-refractivity contribution in [3.63, 3.8) is 0 Å². The molecule has 1 aromatic heterocycles. The number of rotatable bonds is 8. The molecule has 1 aliphatic rings. The summed E-state index contributed by atoms with van der Waals surface area (Å²) in [5.41, 5.74) is 1.79. The highest BCUT2D eigenvalue weighted by atomic mass is 16.5. The van der Waals surface area contributed by atoms with Crippen LogP contribution >= 0.6 is 0 Å². The van der Waals surface area contributed by atoms with E-state index in [0.717, 1.165) is 0 Å². The van der Waals surface area contributed by atoms with Crippen LogP contribution in [0.4, 0.5) is 0 Å².